The molecule has 146 valence electrons. The monoisotopic (exact) mass is 390 g/mol. The van der Waals surface area contributed by atoms with Crippen LogP contribution >= 0.6 is 11.6 Å². The number of nitrogens with one attached hydrogen (secondary N) is 1. The zero-order valence-corrected chi connectivity index (χ0v) is 17.6. The van der Waals surface area contributed by atoms with Crippen molar-refractivity contribution in [1.82, 2.24) is 4.98 Å². The number of anilines is 1. The van der Waals surface area contributed by atoms with Gasteiger partial charge in [0.25, 0.3) is 5.91 Å². The summed E-state index contributed by atoms with van der Waals surface area (Å²) in [5.74, 6) is 0.947. The summed E-state index contributed by atoms with van der Waals surface area (Å²) in [6, 6.07) is 3.89. The molecule has 6 heteroatoms. The van der Waals surface area contributed by atoms with Gasteiger partial charge in [0.05, 0.1) is 35.7 Å². The first-order valence-electron chi connectivity index (χ1n) is 9.18. The van der Waals surface area contributed by atoms with Gasteiger partial charge in [0.15, 0.2) is 5.75 Å². The van der Waals surface area contributed by atoms with E-state index in [1.165, 1.54) is 0 Å². The first-order chi connectivity index (χ1) is 12.9. The van der Waals surface area contributed by atoms with E-state index in [2.05, 4.69) is 10.3 Å². The second-order valence-corrected chi connectivity index (χ2v) is 6.59. The lowest BCUT2D eigenvalue weighted by Gasteiger charge is -2.18. The van der Waals surface area contributed by atoms with Crippen molar-refractivity contribution in [2.24, 2.45) is 0 Å². The molecule has 0 aliphatic carbocycles. The molecule has 1 aromatic heterocycles. The molecule has 2 aromatic rings. The van der Waals surface area contributed by atoms with Crippen molar-refractivity contribution in [2.75, 3.05) is 19.0 Å². The molecule has 0 atom stereocenters. The maximum atomic E-state index is 13.1. The summed E-state index contributed by atoms with van der Waals surface area (Å²) in [7, 11) is 1.64. The Hall–Kier alpha value is -2.27. The van der Waals surface area contributed by atoms with Crippen LogP contribution in [-0.4, -0.2) is 24.6 Å². The highest BCUT2D eigenvalue weighted by Gasteiger charge is 2.22. The molecule has 1 amide bonds. The molecule has 0 saturated carbocycles. The summed E-state index contributed by atoms with van der Waals surface area (Å²) in [6.45, 7) is 10.0. The molecular weight excluding hydrogens is 364 g/mol. The van der Waals surface area contributed by atoms with Gasteiger partial charge in [0.1, 0.15) is 5.75 Å². The molecule has 0 bridgehead atoms. The van der Waals surface area contributed by atoms with Gasteiger partial charge in [0, 0.05) is 5.69 Å². The average molecular weight is 391 g/mol. The highest BCUT2D eigenvalue weighted by atomic mass is 35.5. The van der Waals surface area contributed by atoms with E-state index >= 15 is 0 Å². The fourth-order valence-corrected chi connectivity index (χ4v) is 3.53. The van der Waals surface area contributed by atoms with Crippen LogP contribution in [0, 0.1) is 13.8 Å². The number of hydrogen-bond donors (Lipinski definition) is 1. The molecule has 27 heavy (non-hydrogen) atoms. The zero-order valence-electron chi connectivity index (χ0n) is 16.8. The molecule has 1 heterocycles. The molecule has 0 aliphatic rings. The summed E-state index contributed by atoms with van der Waals surface area (Å²) in [5, 5.41) is 3.34. The molecule has 0 aliphatic heterocycles. The van der Waals surface area contributed by atoms with E-state index in [9.17, 15) is 4.79 Å². The summed E-state index contributed by atoms with van der Waals surface area (Å²) >= 11 is 6.51. The number of carbonyl (C=O) groups is 1. The van der Waals surface area contributed by atoms with Crippen LogP contribution in [-0.2, 0) is 12.8 Å². The molecule has 1 N–H and O–H groups in total. The van der Waals surface area contributed by atoms with Crippen LogP contribution in [0.5, 0.6) is 11.5 Å². The van der Waals surface area contributed by atoms with E-state index in [1.807, 2.05) is 39.8 Å². The van der Waals surface area contributed by atoms with Crippen LogP contribution in [0.4, 0.5) is 5.69 Å². The molecule has 2 rings (SSSR count). The normalized spacial score (nSPS) is 10.6. The first-order valence-corrected chi connectivity index (χ1v) is 9.56. The number of aryl methyl sites for hydroxylation is 4. The number of aromatic nitrogens is 1. The predicted molar refractivity (Wildman–Crippen MR) is 110 cm³/mol. The minimum absolute atomic E-state index is 0.291. The Labute approximate surface area is 166 Å². The van der Waals surface area contributed by atoms with Gasteiger partial charge in [-0.15, -0.1) is 0 Å². The van der Waals surface area contributed by atoms with E-state index in [0.717, 1.165) is 35.4 Å². The Bertz CT molecular complexity index is 825. The largest absolute Gasteiger partial charge is 0.497 e. The highest BCUT2D eigenvalue weighted by Crippen LogP contribution is 2.34. The Kier molecular flexibility index (Phi) is 7.08. The maximum absolute atomic E-state index is 13.1. The van der Waals surface area contributed by atoms with E-state index in [4.69, 9.17) is 21.1 Å². The van der Waals surface area contributed by atoms with Crippen molar-refractivity contribution >= 4 is 23.2 Å². The van der Waals surface area contributed by atoms with Crippen LogP contribution in [0.2, 0.25) is 5.02 Å². The number of halogens is 1. The van der Waals surface area contributed by atoms with Gasteiger partial charge in [-0.3, -0.25) is 9.78 Å². The standard InChI is InChI=1S/C21H27ClN2O3/c1-7-14-10-16(26-6)11-15(8-2)19(14)24-21(25)17-12(4)23-13(5)20(18(17)22)27-9-3/h10-11H,7-9H2,1-6H3,(H,24,25). The van der Waals surface area contributed by atoms with Gasteiger partial charge < -0.3 is 14.8 Å². The van der Waals surface area contributed by atoms with Crippen LogP contribution in [0.3, 0.4) is 0 Å². The summed E-state index contributed by atoms with van der Waals surface area (Å²) in [5.41, 5.74) is 4.41. The number of hydrogen-bond acceptors (Lipinski definition) is 4. The third-order valence-corrected chi connectivity index (χ3v) is 4.83. The fourth-order valence-electron chi connectivity index (χ4n) is 3.11. The van der Waals surface area contributed by atoms with E-state index in [1.54, 1.807) is 14.0 Å². The molecule has 0 spiro atoms. The third kappa shape index (κ3) is 4.35. The predicted octanol–water partition coefficient (Wildman–Crippen LogP) is 5.14. The number of pyridine rings is 1. The van der Waals surface area contributed by atoms with Crippen molar-refractivity contribution in [1.29, 1.82) is 0 Å². The van der Waals surface area contributed by atoms with Gasteiger partial charge in [-0.05, 0) is 56.9 Å². The van der Waals surface area contributed by atoms with Gasteiger partial charge in [0.2, 0.25) is 0 Å². The molecule has 0 unspecified atom stereocenters. The Balaban J connectivity index is 2.51. The topological polar surface area (TPSA) is 60.5 Å². The van der Waals surface area contributed by atoms with Gasteiger partial charge in [-0.1, -0.05) is 25.4 Å². The second-order valence-electron chi connectivity index (χ2n) is 6.22. The lowest BCUT2D eigenvalue weighted by atomic mass is 10.0. The minimum atomic E-state index is -0.291. The Morgan fingerprint density at radius 3 is 2.19 bits per heavy atom. The lowest BCUT2D eigenvalue weighted by Crippen LogP contribution is -2.18. The Morgan fingerprint density at radius 1 is 1.11 bits per heavy atom. The fraction of sp³-hybridized carbons (Fsp3) is 0.429. The van der Waals surface area contributed by atoms with Crippen molar-refractivity contribution in [3.8, 4) is 11.5 Å². The van der Waals surface area contributed by atoms with Crippen molar-refractivity contribution < 1.29 is 14.3 Å². The van der Waals surface area contributed by atoms with E-state index < -0.39 is 0 Å². The molecular formula is C21H27ClN2O3. The number of methoxy groups -OCH3 is 1. The molecule has 0 fully saturated rings. The number of rotatable bonds is 7. The van der Waals surface area contributed by atoms with Crippen LogP contribution < -0.4 is 14.8 Å². The van der Waals surface area contributed by atoms with Crippen molar-refractivity contribution in [3.05, 3.63) is 45.2 Å². The molecule has 0 saturated heterocycles. The van der Waals surface area contributed by atoms with Gasteiger partial charge >= 0.3 is 0 Å². The number of benzene rings is 1. The van der Waals surface area contributed by atoms with Crippen LogP contribution in [0.1, 0.15) is 53.6 Å². The molecule has 1 aromatic carbocycles. The van der Waals surface area contributed by atoms with Crippen LogP contribution in [0.25, 0.3) is 0 Å². The average Bonchev–Trinajstić information content (AvgIpc) is 2.64. The maximum Gasteiger partial charge on any atom is 0.259 e. The summed E-state index contributed by atoms with van der Waals surface area (Å²) in [6.07, 6.45) is 1.53. The SMILES string of the molecule is CCOc1c(C)nc(C)c(C(=O)Nc2c(CC)cc(OC)cc2CC)c1Cl. The van der Waals surface area contributed by atoms with E-state index in [0.29, 0.717) is 34.3 Å². The number of ether oxygens (including phenoxy) is 2. The van der Waals surface area contributed by atoms with Gasteiger partial charge in [-0.25, -0.2) is 0 Å². The van der Waals surface area contributed by atoms with Crippen molar-refractivity contribution in [3.63, 3.8) is 0 Å². The van der Waals surface area contributed by atoms with E-state index in [-0.39, 0.29) is 5.91 Å². The molecule has 0 radical (unpaired) electrons. The molecule has 5 nitrogen and oxygen atoms in total. The zero-order chi connectivity index (χ0) is 20.1. The minimum Gasteiger partial charge on any atom is -0.497 e. The number of amides is 1. The summed E-state index contributed by atoms with van der Waals surface area (Å²) < 4.78 is 11.0. The second kappa shape index (κ2) is 9.09. The summed E-state index contributed by atoms with van der Waals surface area (Å²) in [4.78, 5) is 17.5. The number of carbonyl (C=O) groups excluding carboxylic acids is 1. The number of nitrogens with zero attached hydrogens (tertiary/aromatic N) is 1. The smallest absolute Gasteiger partial charge is 0.259 e. The lowest BCUT2D eigenvalue weighted by molar-refractivity contribution is 0.102. The quantitative estimate of drug-likeness (QED) is 0.711. The van der Waals surface area contributed by atoms with Crippen LogP contribution in [0.15, 0.2) is 12.1 Å². The first kappa shape index (κ1) is 21.0. The van der Waals surface area contributed by atoms with Gasteiger partial charge in [-0.2, -0.15) is 0 Å². The Morgan fingerprint density at radius 2 is 1.70 bits per heavy atom. The highest BCUT2D eigenvalue weighted by molar-refractivity contribution is 6.36. The third-order valence-electron chi connectivity index (χ3n) is 4.47. The van der Waals surface area contributed by atoms with Crippen molar-refractivity contribution in [2.45, 2.75) is 47.5 Å².